The van der Waals surface area contributed by atoms with Crippen LogP contribution in [0.5, 0.6) is 5.75 Å². The third-order valence-corrected chi connectivity index (χ3v) is 9.19. The number of halogens is 5. The number of ether oxygens (including phenoxy) is 1. The van der Waals surface area contributed by atoms with Gasteiger partial charge < -0.3 is 33.8 Å². The van der Waals surface area contributed by atoms with Crippen LogP contribution in [0.25, 0.3) is 11.3 Å². The molecule has 3 aromatic rings. The quantitative estimate of drug-likeness (QED) is 0.261. The average Bonchev–Trinajstić information content (AvgIpc) is 3.46. The van der Waals surface area contributed by atoms with Crippen LogP contribution in [0.4, 0.5) is 23.2 Å². The Morgan fingerprint density at radius 2 is 1.59 bits per heavy atom. The number of piperazine rings is 1. The second kappa shape index (κ2) is 15.3. The summed E-state index contributed by atoms with van der Waals surface area (Å²) in [5, 5.41) is 2.68. The van der Waals surface area contributed by atoms with Gasteiger partial charge in [-0.25, -0.2) is 9.37 Å². The molecule has 5 rings (SSSR count). The van der Waals surface area contributed by atoms with Crippen molar-refractivity contribution in [1.29, 1.82) is 0 Å². The summed E-state index contributed by atoms with van der Waals surface area (Å²) in [6.07, 6.45) is 2.34. The summed E-state index contributed by atoms with van der Waals surface area (Å²) in [6, 6.07) is 6.22. The highest BCUT2D eigenvalue weighted by Crippen LogP contribution is 2.31. The third kappa shape index (κ3) is 8.61. The number of likely N-dealkylation sites (N-methyl/N-ethyl adjacent to an activating group) is 1. The van der Waals surface area contributed by atoms with Crippen LogP contribution in [0.3, 0.4) is 0 Å². The number of hydrogen-bond acceptors (Lipinski definition) is 6. The predicted octanol–water partition coefficient (Wildman–Crippen LogP) is 4.10. The number of hydrogen-bond donors (Lipinski definition) is 1. The molecule has 1 aromatic heterocycles. The molecule has 2 aliphatic rings. The van der Waals surface area contributed by atoms with Crippen LogP contribution in [-0.4, -0.2) is 126 Å². The first kappa shape index (κ1) is 37.6. The summed E-state index contributed by atoms with van der Waals surface area (Å²) < 4.78 is 59.7. The molecule has 3 heterocycles. The summed E-state index contributed by atoms with van der Waals surface area (Å²) in [5.41, 5.74) is 0.103. The first-order valence-corrected chi connectivity index (χ1v) is 16.6. The lowest BCUT2D eigenvalue weighted by Crippen LogP contribution is -2.53. The Morgan fingerprint density at radius 3 is 2.20 bits per heavy atom. The number of anilines is 1. The van der Waals surface area contributed by atoms with Crippen LogP contribution in [0.2, 0.25) is 5.02 Å². The summed E-state index contributed by atoms with van der Waals surface area (Å²) in [5.74, 6) is -5.31. The molecule has 274 valence electrons. The van der Waals surface area contributed by atoms with Crippen molar-refractivity contribution < 1.29 is 46.0 Å². The lowest BCUT2D eigenvalue weighted by atomic mass is 9.95. The topological polar surface area (TPSA) is 117 Å². The zero-order valence-electron chi connectivity index (χ0n) is 28.6. The lowest BCUT2D eigenvalue weighted by molar-refractivity contribution is -0.862. The highest BCUT2D eigenvalue weighted by molar-refractivity contribution is 6.34. The van der Waals surface area contributed by atoms with Crippen molar-refractivity contribution in [2.24, 2.45) is 13.0 Å². The van der Waals surface area contributed by atoms with E-state index in [4.69, 9.17) is 11.6 Å². The van der Waals surface area contributed by atoms with Gasteiger partial charge in [0.2, 0.25) is 11.7 Å². The molecular weight excluding hydrogens is 698 g/mol. The zero-order valence-corrected chi connectivity index (χ0v) is 29.4. The minimum Gasteiger partial charge on any atom is -0.432 e. The van der Waals surface area contributed by atoms with Crippen molar-refractivity contribution >= 4 is 40.9 Å². The monoisotopic (exact) mass is 736 g/mol. The molecule has 2 saturated heterocycles. The minimum atomic E-state index is -3.34. The van der Waals surface area contributed by atoms with Gasteiger partial charge in [0.15, 0.2) is 23.9 Å². The maximum atomic E-state index is 14.7. The number of benzene rings is 2. The van der Waals surface area contributed by atoms with Crippen molar-refractivity contribution in [3.63, 3.8) is 0 Å². The number of nitrogens with zero attached hydrogens (tertiary/aromatic N) is 6. The van der Waals surface area contributed by atoms with E-state index >= 15 is 0 Å². The van der Waals surface area contributed by atoms with Crippen molar-refractivity contribution in [2.75, 3.05) is 72.3 Å². The predicted molar refractivity (Wildman–Crippen MR) is 179 cm³/mol. The average molecular weight is 737 g/mol. The van der Waals surface area contributed by atoms with Gasteiger partial charge in [-0.2, -0.15) is 13.2 Å². The Hall–Kier alpha value is -4.70. The number of likely N-dealkylation sites (tertiary alicyclic amines) is 1. The SMILES string of the molecule is Cn1c(-c2ccc(OC(F)F)c(F)c2F)cnc1C(=O)Nc1ccc(C(=O)N2CCN(C(=O)C3CCN(C(=O)C[N+](C)(C)C)CC3)CC2)c(Cl)c1. The van der Waals surface area contributed by atoms with Crippen LogP contribution in [0.15, 0.2) is 36.5 Å². The van der Waals surface area contributed by atoms with E-state index in [1.165, 1.54) is 29.8 Å². The van der Waals surface area contributed by atoms with Gasteiger partial charge in [0.25, 0.3) is 17.7 Å². The molecular formula is C34H39ClF4N7O5+. The third-order valence-electron chi connectivity index (χ3n) is 8.87. The number of carbonyl (C=O) groups is 4. The molecule has 1 N–H and O–H groups in total. The van der Waals surface area contributed by atoms with Gasteiger partial charge in [0.1, 0.15) is 0 Å². The van der Waals surface area contributed by atoms with Crippen molar-refractivity contribution in [1.82, 2.24) is 24.3 Å². The van der Waals surface area contributed by atoms with Crippen molar-refractivity contribution in [3.05, 3.63) is 64.6 Å². The Kier molecular flexibility index (Phi) is 11.2. The largest absolute Gasteiger partial charge is 0.432 e. The molecule has 0 saturated carbocycles. The molecule has 0 bridgehead atoms. The van der Waals surface area contributed by atoms with Crippen LogP contribution in [0, 0.1) is 17.6 Å². The summed E-state index contributed by atoms with van der Waals surface area (Å²) in [6.45, 7) is -0.487. The molecule has 17 heteroatoms. The maximum Gasteiger partial charge on any atom is 0.387 e. The Balaban J connectivity index is 1.15. The Labute approximate surface area is 297 Å². The number of piperidine rings is 1. The molecule has 0 radical (unpaired) electrons. The number of carbonyl (C=O) groups excluding carboxylic acids is 4. The molecule has 4 amide bonds. The number of quaternary nitrogens is 1. The fourth-order valence-corrected chi connectivity index (χ4v) is 6.44. The van der Waals surface area contributed by atoms with Gasteiger partial charge in [-0.1, -0.05) is 11.6 Å². The number of alkyl halides is 2. The standard InChI is InChI=1S/C34H38ClF4N7O5/c1-42-25(23-7-8-26(51-34(38)39)29(37)28(23)36)18-40-30(42)31(48)41-21-5-6-22(24(35)17-21)33(50)45-15-13-44(14-16-45)32(49)20-9-11-43(12-10-20)27(47)19-46(2,3)4/h5-8,17-18,20,34H,9-16,19H2,1-4H3/p+1. The molecule has 0 spiro atoms. The highest BCUT2D eigenvalue weighted by atomic mass is 35.5. The molecule has 0 unspecified atom stereocenters. The van der Waals surface area contributed by atoms with Crippen molar-refractivity contribution in [3.8, 4) is 17.0 Å². The first-order chi connectivity index (χ1) is 24.0. The fourth-order valence-electron chi connectivity index (χ4n) is 6.18. The van der Waals surface area contributed by atoms with E-state index in [2.05, 4.69) is 15.0 Å². The molecule has 0 atom stereocenters. The van der Waals surface area contributed by atoms with E-state index in [0.29, 0.717) is 63.1 Å². The van der Waals surface area contributed by atoms with Crippen LogP contribution in [0.1, 0.15) is 33.8 Å². The minimum absolute atomic E-state index is 0.00570. The Morgan fingerprint density at radius 1 is 0.941 bits per heavy atom. The lowest BCUT2D eigenvalue weighted by Gasteiger charge is -2.39. The summed E-state index contributed by atoms with van der Waals surface area (Å²) in [7, 11) is 7.28. The fraction of sp³-hybridized carbons (Fsp3) is 0.441. The summed E-state index contributed by atoms with van der Waals surface area (Å²) in [4.78, 5) is 61.4. The van der Waals surface area contributed by atoms with E-state index < -0.39 is 29.9 Å². The van der Waals surface area contributed by atoms with E-state index in [1.807, 2.05) is 26.0 Å². The second-order valence-corrected chi connectivity index (χ2v) is 13.9. The van der Waals surface area contributed by atoms with E-state index in [0.717, 1.165) is 18.3 Å². The molecule has 51 heavy (non-hydrogen) atoms. The smallest absolute Gasteiger partial charge is 0.387 e. The van der Waals surface area contributed by atoms with Gasteiger partial charge in [-0.05, 0) is 43.2 Å². The van der Waals surface area contributed by atoms with E-state index in [9.17, 15) is 36.7 Å². The van der Waals surface area contributed by atoms with Crippen LogP contribution in [-0.2, 0) is 16.6 Å². The van der Waals surface area contributed by atoms with Gasteiger partial charge in [0, 0.05) is 63.5 Å². The summed E-state index contributed by atoms with van der Waals surface area (Å²) >= 11 is 6.47. The van der Waals surface area contributed by atoms with Crippen molar-refractivity contribution in [2.45, 2.75) is 19.5 Å². The van der Waals surface area contributed by atoms with E-state index in [1.54, 1.807) is 9.80 Å². The molecule has 2 aliphatic heterocycles. The number of imidazole rings is 1. The van der Waals surface area contributed by atoms with Crippen LogP contribution < -0.4 is 10.1 Å². The molecule has 0 aliphatic carbocycles. The van der Waals surface area contributed by atoms with Crippen LogP contribution >= 0.6 is 11.6 Å². The molecule has 2 fully saturated rings. The van der Waals surface area contributed by atoms with Gasteiger partial charge in [-0.3, -0.25) is 19.2 Å². The van der Waals surface area contributed by atoms with Gasteiger partial charge in [0.05, 0.1) is 43.6 Å². The zero-order chi connectivity index (χ0) is 37.2. The number of rotatable bonds is 9. The first-order valence-electron chi connectivity index (χ1n) is 16.3. The number of amides is 4. The van der Waals surface area contributed by atoms with Gasteiger partial charge in [-0.15, -0.1) is 0 Å². The highest BCUT2D eigenvalue weighted by Gasteiger charge is 2.34. The Bertz CT molecular complexity index is 1820. The molecule has 2 aromatic carbocycles. The molecule has 12 nitrogen and oxygen atoms in total. The normalized spacial score (nSPS) is 15.7. The van der Waals surface area contributed by atoms with E-state index in [-0.39, 0.29) is 57.0 Å². The second-order valence-electron chi connectivity index (χ2n) is 13.5. The maximum absolute atomic E-state index is 14.7. The number of aromatic nitrogens is 2. The number of nitrogens with one attached hydrogen (secondary N) is 1. The van der Waals surface area contributed by atoms with Gasteiger partial charge >= 0.3 is 6.61 Å².